The van der Waals surface area contributed by atoms with Crippen molar-refractivity contribution in [2.24, 2.45) is 0 Å². The van der Waals surface area contributed by atoms with Crippen LogP contribution in [0.4, 0.5) is 5.69 Å². The molecule has 0 fully saturated rings. The van der Waals surface area contributed by atoms with Crippen molar-refractivity contribution in [3.63, 3.8) is 0 Å². The number of nitrogens with zero attached hydrogens (tertiary/aromatic N) is 2. The van der Waals surface area contributed by atoms with E-state index in [1.54, 1.807) is 7.11 Å². The van der Waals surface area contributed by atoms with Crippen LogP contribution in [0, 0.1) is 13.8 Å². The van der Waals surface area contributed by atoms with Crippen molar-refractivity contribution in [3.05, 3.63) is 94.6 Å². The third-order valence-corrected chi connectivity index (χ3v) is 6.81. The molecular weight excluding hydrogens is 430 g/mol. The lowest BCUT2D eigenvalue weighted by atomic mass is 10.0. The first-order valence-electron chi connectivity index (χ1n) is 10.6. The van der Waals surface area contributed by atoms with E-state index in [4.69, 9.17) is 15.5 Å². The number of pyridine rings is 1. The minimum absolute atomic E-state index is 0.104. The average Bonchev–Trinajstić information content (AvgIpc) is 3.42. The highest BCUT2D eigenvalue weighted by atomic mass is 32.1. The Balaban J connectivity index is 1.65. The van der Waals surface area contributed by atoms with Crippen LogP contribution in [-0.4, -0.2) is 22.3 Å². The van der Waals surface area contributed by atoms with Gasteiger partial charge in [0.25, 0.3) is 0 Å². The Labute approximate surface area is 196 Å². The Hall–Kier alpha value is -3.90. The maximum atomic E-state index is 13.6. The van der Waals surface area contributed by atoms with Gasteiger partial charge in [0, 0.05) is 22.7 Å². The summed E-state index contributed by atoms with van der Waals surface area (Å²) in [6.45, 7) is 4.04. The molecule has 5 rings (SSSR count). The fraction of sp³-hybridized carbons (Fsp3) is 0.111. The monoisotopic (exact) mass is 453 g/mol. The SMILES string of the molecule is COc1cccc(-c2csc(-c3c(N)c(C(=O)c4ccc(C)c(C)c4)n4ccccc34)n2)c1. The van der Waals surface area contributed by atoms with Gasteiger partial charge in [0.1, 0.15) is 16.5 Å². The number of aryl methyl sites for hydroxylation is 2. The van der Waals surface area contributed by atoms with Crippen molar-refractivity contribution >= 4 is 28.3 Å². The molecule has 0 spiro atoms. The number of ether oxygens (including phenoxy) is 1. The van der Waals surface area contributed by atoms with Crippen LogP contribution in [0.25, 0.3) is 27.3 Å². The second-order valence-corrected chi connectivity index (χ2v) is 8.85. The summed E-state index contributed by atoms with van der Waals surface area (Å²) in [6, 6.07) is 19.4. The van der Waals surface area contributed by atoms with Crippen LogP contribution in [0.5, 0.6) is 5.75 Å². The maximum Gasteiger partial charge on any atom is 0.211 e. The number of anilines is 1. The molecule has 0 bridgehead atoms. The number of hydrogen-bond donors (Lipinski definition) is 1. The molecule has 164 valence electrons. The third-order valence-electron chi connectivity index (χ3n) is 5.95. The van der Waals surface area contributed by atoms with Crippen molar-refractivity contribution in [3.8, 4) is 27.6 Å². The lowest BCUT2D eigenvalue weighted by Gasteiger charge is -2.06. The second kappa shape index (κ2) is 8.22. The van der Waals surface area contributed by atoms with Gasteiger partial charge < -0.3 is 14.9 Å². The summed E-state index contributed by atoms with van der Waals surface area (Å²) in [5.41, 5.74) is 13.8. The maximum absolute atomic E-state index is 13.6. The Morgan fingerprint density at radius 1 is 1.03 bits per heavy atom. The van der Waals surface area contributed by atoms with Gasteiger partial charge >= 0.3 is 0 Å². The number of carbonyl (C=O) groups excluding carboxylic acids is 1. The Morgan fingerprint density at radius 2 is 1.88 bits per heavy atom. The number of benzene rings is 2. The van der Waals surface area contributed by atoms with E-state index < -0.39 is 0 Å². The summed E-state index contributed by atoms with van der Waals surface area (Å²) < 4.78 is 7.22. The van der Waals surface area contributed by atoms with Gasteiger partial charge in [-0.05, 0) is 55.3 Å². The van der Waals surface area contributed by atoms with Crippen LogP contribution < -0.4 is 10.5 Å². The van der Waals surface area contributed by atoms with E-state index in [1.807, 2.05) is 90.5 Å². The van der Waals surface area contributed by atoms with E-state index in [9.17, 15) is 4.79 Å². The van der Waals surface area contributed by atoms with Crippen molar-refractivity contribution in [1.82, 2.24) is 9.38 Å². The lowest BCUT2D eigenvalue weighted by Crippen LogP contribution is -2.08. The van der Waals surface area contributed by atoms with Crippen LogP contribution in [0.1, 0.15) is 27.2 Å². The molecule has 0 aliphatic heterocycles. The molecule has 0 atom stereocenters. The van der Waals surface area contributed by atoms with Gasteiger partial charge in [-0.3, -0.25) is 4.79 Å². The lowest BCUT2D eigenvalue weighted by molar-refractivity contribution is 0.103. The molecule has 2 N–H and O–H groups in total. The number of carbonyl (C=O) groups is 1. The number of rotatable bonds is 5. The molecule has 0 aliphatic rings. The molecule has 0 radical (unpaired) electrons. The molecule has 6 heteroatoms. The summed E-state index contributed by atoms with van der Waals surface area (Å²) in [5.74, 6) is 0.671. The zero-order valence-electron chi connectivity index (χ0n) is 18.6. The first kappa shape index (κ1) is 21.0. The van der Waals surface area contributed by atoms with E-state index in [1.165, 1.54) is 11.3 Å². The Kier molecular flexibility index (Phi) is 5.23. The average molecular weight is 454 g/mol. The molecule has 2 aromatic carbocycles. The Morgan fingerprint density at radius 3 is 2.67 bits per heavy atom. The number of methoxy groups -OCH3 is 1. The number of hydrogen-bond acceptors (Lipinski definition) is 5. The van der Waals surface area contributed by atoms with Crippen molar-refractivity contribution < 1.29 is 9.53 Å². The van der Waals surface area contributed by atoms with E-state index >= 15 is 0 Å². The zero-order valence-corrected chi connectivity index (χ0v) is 19.4. The smallest absolute Gasteiger partial charge is 0.211 e. The first-order valence-corrected chi connectivity index (χ1v) is 11.5. The molecule has 0 saturated carbocycles. The van der Waals surface area contributed by atoms with Crippen molar-refractivity contribution in [2.45, 2.75) is 13.8 Å². The Bertz CT molecular complexity index is 1510. The van der Waals surface area contributed by atoms with Crippen molar-refractivity contribution in [1.29, 1.82) is 0 Å². The molecule has 5 nitrogen and oxygen atoms in total. The van der Waals surface area contributed by atoms with Gasteiger partial charge in [-0.15, -0.1) is 11.3 Å². The summed E-state index contributed by atoms with van der Waals surface area (Å²) >= 11 is 1.51. The third kappa shape index (κ3) is 3.58. The van der Waals surface area contributed by atoms with Gasteiger partial charge in [-0.25, -0.2) is 4.98 Å². The number of aromatic nitrogens is 2. The van der Waals surface area contributed by atoms with Crippen LogP contribution in [-0.2, 0) is 0 Å². The van der Waals surface area contributed by atoms with E-state index in [-0.39, 0.29) is 5.78 Å². The van der Waals surface area contributed by atoms with Gasteiger partial charge in [-0.1, -0.05) is 30.3 Å². The first-order chi connectivity index (χ1) is 16.0. The molecule has 3 heterocycles. The van der Waals surface area contributed by atoms with E-state index in [0.29, 0.717) is 16.9 Å². The fourth-order valence-corrected chi connectivity index (χ4v) is 4.90. The highest BCUT2D eigenvalue weighted by Crippen LogP contribution is 2.39. The van der Waals surface area contributed by atoms with Crippen LogP contribution in [0.15, 0.2) is 72.2 Å². The summed E-state index contributed by atoms with van der Waals surface area (Å²) in [5, 5.41) is 2.77. The van der Waals surface area contributed by atoms with Gasteiger partial charge in [0.2, 0.25) is 5.78 Å². The standard InChI is InChI=1S/C27H23N3O2S/c1-16-10-11-19(13-17(16)2)26(31)25-24(28)23(22-9-4-5-12-30(22)25)27-29-21(15-33-27)18-7-6-8-20(14-18)32-3/h4-15H,28H2,1-3H3. The molecular formula is C27H23N3O2S. The van der Waals surface area contributed by atoms with E-state index in [2.05, 4.69) is 0 Å². The molecule has 5 aromatic rings. The molecule has 33 heavy (non-hydrogen) atoms. The molecule has 3 aromatic heterocycles. The van der Waals surface area contributed by atoms with Gasteiger partial charge in [0.15, 0.2) is 0 Å². The highest BCUT2D eigenvalue weighted by Gasteiger charge is 2.25. The second-order valence-electron chi connectivity index (χ2n) is 7.99. The number of ketones is 1. The number of fused-ring (bicyclic) bond motifs is 1. The molecule has 0 amide bonds. The van der Waals surface area contributed by atoms with Crippen LogP contribution in [0.2, 0.25) is 0 Å². The van der Waals surface area contributed by atoms with Crippen molar-refractivity contribution in [2.75, 3.05) is 12.8 Å². The fourth-order valence-electron chi connectivity index (χ4n) is 4.01. The topological polar surface area (TPSA) is 69.6 Å². The molecule has 0 aliphatic carbocycles. The summed E-state index contributed by atoms with van der Waals surface area (Å²) in [4.78, 5) is 18.4. The molecule has 0 saturated heterocycles. The van der Waals surface area contributed by atoms with Gasteiger partial charge in [-0.2, -0.15) is 0 Å². The highest BCUT2D eigenvalue weighted by molar-refractivity contribution is 7.13. The molecule has 0 unspecified atom stereocenters. The minimum Gasteiger partial charge on any atom is -0.497 e. The summed E-state index contributed by atoms with van der Waals surface area (Å²) in [6.07, 6.45) is 1.88. The van der Waals surface area contributed by atoms with Gasteiger partial charge in [0.05, 0.1) is 29.6 Å². The largest absolute Gasteiger partial charge is 0.497 e. The van der Waals surface area contributed by atoms with Crippen LogP contribution in [0.3, 0.4) is 0 Å². The number of nitrogen functional groups attached to an aromatic ring is 1. The predicted molar refractivity (Wildman–Crippen MR) is 134 cm³/mol. The summed E-state index contributed by atoms with van der Waals surface area (Å²) in [7, 11) is 1.65. The van der Waals surface area contributed by atoms with E-state index in [0.717, 1.165) is 44.2 Å². The normalized spacial score (nSPS) is 11.1. The van der Waals surface area contributed by atoms with Crippen LogP contribution >= 0.6 is 11.3 Å². The number of thiazole rings is 1. The zero-order chi connectivity index (χ0) is 23.1. The quantitative estimate of drug-likeness (QED) is 0.323. The minimum atomic E-state index is -0.104. The number of nitrogens with two attached hydrogens (primary N) is 1. The predicted octanol–water partition coefficient (Wildman–Crippen LogP) is 6.17.